The molecule has 7 nitrogen and oxygen atoms in total. The van der Waals surface area contributed by atoms with Crippen LogP contribution in [0.3, 0.4) is 0 Å². The SMILES string of the molecule is COc1cc(S(=O)(=O)N2CCN(C(=O)c3ccccc3)CC2)c(OC)cc1Cl. The van der Waals surface area contributed by atoms with Crippen molar-refractivity contribution in [2.75, 3.05) is 40.4 Å². The minimum atomic E-state index is -3.84. The minimum Gasteiger partial charge on any atom is -0.495 e. The van der Waals surface area contributed by atoms with Gasteiger partial charge in [-0.1, -0.05) is 29.8 Å². The third kappa shape index (κ3) is 3.94. The molecule has 9 heteroatoms. The van der Waals surface area contributed by atoms with E-state index in [9.17, 15) is 13.2 Å². The second-order valence-corrected chi connectivity index (χ2v) is 8.51. The van der Waals surface area contributed by atoms with Crippen LogP contribution in [-0.2, 0) is 10.0 Å². The molecule has 1 fully saturated rings. The summed E-state index contributed by atoms with van der Waals surface area (Å²) in [5.41, 5.74) is 0.586. The molecule has 0 N–H and O–H groups in total. The molecule has 28 heavy (non-hydrogen) atoms. The summed E-state index contributed by atoms with van der Waals surface area (Å²) >= 11 is 6.07. The highest BCUT2D eigenvalue weighted by Crippen LogP contribution is 2.36. The van der Waals surface area contributed by atoms with Crippen molar-refractivity contribution in [2.45, 2.75) is 4.90 Å². The van der Waals surface area contributed by atoms with Crippen molar-refractivity contribution in [2.24, 2.45) is 0 Å². The van der Waals surface area contributed by atoms with Crippen molar-refractivity contribution in [3.63, 3.8) is 0 Å². The highest BCUT2D eigenvalue weighted by atomic mass is 35.5. The van der Waals surface area contributed by atoms with Crippen LogP contribution in [-0.4, -0.2) is 63.9 Å². The van der Waals surface area contributed by atoms with Crippen LogP contribution in [0.1, 0.15) is 10.4 Å². The molecular weight excluding hydrogens is 404 g/mol. The summed E-state index contributed by atoms with van der Waals surface area (Å²) in [5.74, 6) is 0.288. The standard InChI is InChI=1S/C19H21ClN2O5S/c1-26-16-13-18(17(27-2)12-15(16)20)28(24,25)22-10-8-21(9-11-22)19(23)14-6-4-3-5-7-14/h3-7,12-13H,8-11H2,1-2H3. The van der Waals surface area contributed by atoms with Gasteiger partial charge in [-0.3, -0.25) is 4.79 Å². The predicted molar refractivity (Wildman–Crippen MR) is 106 cm³/mol. The Hall–Kier alpha value is -2.29. The summed E-state index contributed by atoms with van der Waals surface area (Å²) in [4.78, 5) is 14.2. The number of carbonyl (C=O) groups is 1. The van der Waals surface area contributed by atoms with Crippen LogP contribution in [0, 0.1) is 0 Å². The van der Waals surface area contributed by atoms with E-state index in [2.05, 4.69) is 0 Å². The van der Waals surface area contributed by atoms with Crippen molar-refractivity contribution < 1.29 is 22.7 Å². The lowest BCUT2D eigenvalue weighted by molar-refractivity contribution is 0.0698. The van der Waals surface area contributed by atoms with E-state index >= 15 is 0 Å². The van der Waals surface area contributed by atoms with Crippen LogP contribution in [0.2, 0.25) is 5.02 Å². The van der Waals surface area contributed by atoms with E-state index in [0.717, 1.165) is 0 Å². The Morgan fingerprint density at radius 3 is 2.14 bits per heavy atom. The van der Waals surface area contributed by atoms with Gasteiger partial charge >= 0.3 is 0 Å². The summed E-state index contributed by atoms with van der Waals surface area (Å²) in [5, 5.41) is 0.261. The largest absolute Gasteiger partial charge is 0.495 e. The van der Waals surface area contributed by atoms with Gasteiger partial charge in [0.1, 0.15) is 16.4 Å². The number of methoxy groups -OCH3 is 2. The number of amides is 1. The van der Waals surface area contributed by atoms with Crippen LogP contribution >= 0.6 is 11.6 Å². The summed E-state index contributed by atoms with van der Waals surface area (Å²) < 4.78 is 38.0. The number of rotatable bonds is 5. The zero-order chi connectivity index (χ0) is 20.3. The lowest BCUT2D eigenvalue weighted by Gasteiger charge is -2.34. The monoisotopic (exact) mass is 424 g/mol. The maximum atomic E-state index is 13.1. The molecule has 0 spiro atoms. The third-order valence-electron chi connectivity index (χ3n) is 4.60. The average molecular weight is 425 g/mol. The summed E-state index contributed by atoms with van der Waals surface area (Å²) in [7, 11) is -1.04. The maximum Gasteiger partial charge on any atom is 0.253 e. The number of sulfonamides is 1. The molecule has 0 atom stereocenters. The molecule has 2 aromatic rings. The molecule has 1 amide bonds. The normalized spacial score (nSPS) is 15.3. The number of piperazine rings is 1. The van der Waals surface area contributed by atoms with Gasteiger partial charge in [0.15, 0.2) is 0 Å². The first-order valence-corrected chi connectivity index (χ1v) is 10.5. The first kappa shape index (κ1) is 20.4. The van der Waals surface area contributed by atoms with Gasteiger partial charge < -0.3 is 14.4 Å². The summed E-state index contributed by atoms with van der Waals surface area (Å²) in [6.07, 6.45) is 0. The Balaban J connectivity index is 1.79. The molecule has 1 heterocycles. The quantitative estimate of drug-likeness (QED) is 0.737. The van der Waals surface area contributed by atoms with Crippen molar-refractivity contribution in [1.29, 1.82) is 0 Å². The molecule has 1 saturated heterocycles. The molecule has 0 aliphatic carbocycles. The van der Waals surface area contributed by atoms with Gasteiger partial charge in [0.25, 0.3) is 5.91 Å². The van der Waals surface area contributed by atoms with E-state index in [1.54, 1.807) is 29.2 Å². The molecule has 0 aromatic heterocycles. The number of ether oxygens (including phenoxy) is 2. The molecule has 0 bridgehead atoms. The Morgan fingerprint density at radius 2 is 1.57 bits per heavy atom. The number of nitrogens with zero attached hydrogens (tertiary/aromatic N) is 2. The molecular formula is C19H21ClN2O5S. The number of hydrogen-bond acceptors (Lipinski definition) is 5. The van der Waals surface area contributed by atoms with Crippen LogP contribution in [0.25, 0.3) is 0 Å². The third-order valence-corrected chi connectivity index (χ3v) is 6.82. The van der Waals surface area contributed by atoms with Crippen molar-refractivity contribution in [1.82, 2.24) is 9.21 Å². The van der Waals surface area contributed by atoms with Gasteiger partial charge in [-0.25, -0.2) is 8.42 Å². The lowest BCUT2D eigenvalue weighted by Crippen LogP contribution is -2.50. The van der Waals surface area contributed by atoms with E-state index in [4.69, 9.17) is 21.1 Å². The average Bonchev–Trinajstić information content (AvgIpc) is 2.73. The van der Waals surface area contributed by atoms with Crippen molar-refractivity contribution in [3.05, 3.63) is 53.1 Å². The van der Waals surface area contributed by atoms with E-state index < -0.39 is 10.0 Å². The van der Waals surface area contributed by atoms with Crippen molar-refractivity contribution in [3.8, 4) is 11.5 Å². The molecule has 0 radical (unpaired) electrons. The molecule has 3 rings (SSSR count). The highest BCUT2D eigenvalue weighted by Gasteiger charge is 2.33. The molecule has 1 aliphatic heterocycles. The predicted octanol–water partition coefficient (Wildman–Crippen LogP) is 2.50. The van der Waals surface area contributed by atoms with Crippen LogP contribution < -0.4 is 9.47 Å². The summed E-state index contributed by atoms with van der Waals surface area (Å²) in [6, 6.07) is 11.7. The van der Waals surface area contributed by atoms with Crippen LogP contribution in [0.5, 0.6) is 11.5 Å². The van der Waals surface area contributed by atoms with Gasteiger partial charge in [-0.2, -0.15) is 4.31 Å². The topological polar surface area (TPSA) is 76.2 Å². The summed E-state index contributed by atoms with van der Waals surface area (Å²) in [6.45, 7) is 0.990. The Morgan fingerprint density at radius 1 is 0.964 bits per heavy atom. The fourth-order valence-corrected chi connectivity index (χ4v) is 4.87. The highest BCUT2D eigenvalue weighted by molar-refractivity contribution is 7.89. The molecule has 1 aliphatic rings. The fourth-order valence-electron chi connectivity index (χ4n) is 3.07. The van der Waals surface area contributed by atoms with Crippen LogP contribution in [0.15, 0.2) is 47.4 Å². The number of benzene rings is 2. The van der Waals surface area contributed by atoms with E-state index in [0.29, 0.717) is 18.7 Å². The van der Waals surface area contributed by atoms with Gasteiger partial charge in [0.05, 0.1) is 19.2 Å². The maximum absolute atomic E-state index is 13.1. The second kappa shape index (κ2) is 8.38. The molecule has 0 unspecified atom stereocenters. The zero-order valence-electron chi connectivity index (χ0n) is 15.6. The van der Waals surface area contributed by atoms with E-state index in [1.165, 1.54) is 30.7 Å². The van der Waals surface area contributed by atoms with Gasteiger partial charge in [-0.15, -0.1) is 0 Å². The van der Waals surface area contributed by atoms with E-state index in [-0.39, 0.29) is 40.4 Å². The lowest BCUT2D eigenvalue weighted by atomic mass is 10.2. The zero-order valence-corrected chi connectivity index (χ0v) is 17.2. The first-order valence-electron chi connectivity index (χ1n) is 8.64. The fraction of sp³-hybridized carbons (Fsp3) is 0.316. The van der Waals surface area contributed by atoms with Gasteiger partial charge in [0, 0.05) is 43.9 Å². The second-order valence-electron chi connectivity index (χ2n) is 6.20. The van der Waals surface area contributed by atoms with Gasteiger partial charge in [-0.05, 0) is 12.1 Å². The molecule has 0 saturated carbocycles. The Kier molecular flexibility index (Phi) is 6.12. The molecule has 2 aromatic carbocycles. The minimum absolute atomic E-state index is 0.0147. The number of carbonyl (C=O) groups excluding carboxylic acids is 1. The smallest absolute Gasteiger partial charge is 0.253 e. The first-order chi connectivity index (χ1) is 13.4. The van der Waals surface area contributed by atoms with Gasteiger partial charge in [0.2, 0.25) is 10.0 Å². The van der Waals surface area contributed by atoms with Crippen molar-refractivity contribution >= 4 is 27.5 Å². The van der Waals surface area contributed by atoms with Crippen LogP contribution in [0.4, 0.5) is 0 Å². The Labute approximate surface area is 169 Å². The van der Waals surface area contributed by atoms with E-state index in [1.807, 2.05) is 6.07 Å². The number of halogens is 1. The number of hydrogen-bond donors (Lipinski definition) is 0. The molecule has 150 valence electrons. The Bertz CT molecular complexity index is 958.